The Morgan fingerprint density at radius 1 is 0.596 bits per heavy atom. The van der Waals surface area contributed by atoms with Crippen molar-refractivity contribution < 1.29 is 117 Å². The summed E-state index contributed by atoms with van der Waals surface area (Å²) in [6, 6.07) is -3.05. The van der Waals surface area contributed by atoms with Crippen LogP contribution in [-0.4, -0.2) is 216 Å². The van der Waals surface area contributed by atoms with Gasteiger partial charge in [-0.25, -0.2) is 4.57 Å². The summed E-state index contributed by atoms with van der Waals surface area (Å²) in [6.07, 6.45) is -33.2. The van der Waals surface area contributed by atoms with Gasteiger partial charge >= 0.3 is 13.8 Å². The van der Waals surface area contributed by atoms with Crippen LogP contribution in [0.4, 0.5) is 0 Å². The number of hydrogen-bond donors (Lipinski definition) is 13. The molecule has 21 atom stereocenters. The number of amides is 2. The molecule has 57 heavy (non-hydrogen) atoms. The molecular formula is C30H51N2O24P. The van der Waals surface area contributed by atoms with Crippen molar-refractivity contribution in [3.05, 3.63) is 0 Å². The Hall–Kier alpha value is -2.12. The van der Waals surface area contributed by atoms with Gasteiger partial charge < -0.3 is 99.8 Å². The lowest BCUT2D eigenvalue weighted by molar-refractivity contribution is -0.353. The number of ether oxygens (including phenoxy) is 7. The molecule has 0 aliphatic carbocycles. The Labute approximate surface area is 323 Å². The van der Waals surface area contributed by atoms with Crippen molar-refractivity contribution in [3.63, 3.8) is 0 Å². The zero-order chi connectivity index (χ0) is 42.7. The van der Waals surface area contributed by atoms with Gasteiger partial charge in [-0.2, -0.15) is 0 Å². The van der Waals surface area contributed by atoms with Gasteiger partial charge in [0.2, 0.25) is 11.8 Å². The average molecular weight is 855 g/mol. The molecule has 330 valence electrons. The lowest BCUT2D eigenvalue weighted by Crippen LogP contribution is -2.70. The van der Waals surface area contributed by atoms with Gasteiger partial charge in [0.15, 0.2) is 25.2 Å². The van der Waals surface area contributed by atoms with Crippen molar-refractivity contribution in [1.29, 1.82) is 0 Å². The zero-order valence-corrected chi connectivity index (χ0v) is 31.7. The van der Waals surface area contributed by atoms with E-state index in [0.29, 0.717) is 0 Å². The fourth-order valence-corrected chi connectivity index (χ4v) is 7.62. The second-order valence-corrected chi connectivity index (χ2v) is 15.1. The predicted molar refractivity (Wildman–Crippen MR) is 176 cm³/mol. The van der Waals surface area contributed by atoms with Crippen molar-refractivity contribution in [2.45, 2.75) is 150 Å². The molecule has 0 aromatic heterocycles. The summed E-state index contributed by atoms with van der Waals surface area (Å²) in [5.74, 6) is -2.26. The highest BCUT2D eigenvalue weighted by Crippen LogP contribution is 2.49. The monoisotopic (exact) mass is 854 g/mol. The zero-order valence-electron chi connectivity index (χ0n) is 30.8. The molecule has 4 heterocycles. The van der Waals surface area contributed by atoms with Gasteiger partial charge in [0.1, 0.15) is 98.0 Å². The summed E-state index contributed by atoms with van der Waals surface area (Å²) in [7, 11) is -5.55. The average Bonchev–Trinajstić information content (AvgIpc) is 3.13. The van der Waals surface area contributed by atoms with Crippen molar-refractivity contribution in [3.8, 4) is 0 Å². The summed E-state index contributed by atoms with van der Waals surface area (Å²) in [6.45, 7) is 1.93. The number of aliphatic hydroxyl groups is 10. The van der Waals surface area contributed by atoms with Crippen LogP contribution in [-0.2, 0) is 61.2 Å². The molecule has 0 radical (unpaired) electrons. The first-order valence-corrected chi connectivity index (χ1v) is 19.1. The maximum Gasteiger partial charge on any atom is 0.475 e. The van der Waals surface area contributed by atoms with Gasteiger partial charge in [-0.3, -0.25) is 23.4 Å². The molecule has 0 aromatic carbocycles. The minimum absolute atomic E-state index is 0.676. The summed E-state index contributed by atoms with van der Waals surface area (Å²) < 4.78 is 61.2. The van der Waals surface area contributed by atoms with Crippen LogP contribution < -0.4 is 10.6 Å². The number of nitrogens with one attached hydrogen (secondary N) is 2. The number of carbonyl (C=O) groups is 3. The molecular weight excluding hydrogens is 803 g/mol. The van der Waals surface area contributed by atoms with E-state index >= 15 is 0 Å². The van der Waals surface area contributed by atoms with Crippen molar-refractivity contribution in [2.75, 3.05) is 19.8 Å². The van der Waals surface area contributed by atoms with Crippen LogP contribution in [0.15, 0.2) is 0 Å². The van der Waals surface area contributed by atoms with E-state index in [2.05, 4.69) is 10.6 Å². The van der Waals surface area contributed by atoms with Gasteiger partial charge in [0.25, 0.3) is 0 Å². The fraction of sp³-hybridized carbons (Fsp3) is 0.900. The molecule has 1 unspecified atom stereocenters. The van der Waals surface area contributed by atoms with E-state index in [1.54, 1.807) is 0 Å². The van der Waals surface area contributed by atoms with E-state index in [-0.39, 0.29) is 0 Å². The first-order valence-electron chi connectivity index (χ1n) is 17.6. The molecule has 0 bridgehead atoms. The standard InChI is InChI=1S/C30H51N2O24P/c1-8-17(38)26(16(32-10(3)36)28(49-8)53-25-15(31-9(2)35)27(45)50-12(5-33)19(25)40)54-29-23(44)21(42)24(13(6-34)51-29)55-57(46,47)56-30-22(43)20(41)18(39)14(52-30)7-48-11(4)37/h8,12-30,33-34,38-45H,5-7H2,1-4H3,(H,31,35)(H,32,36)(H,46,47)/t8-,12+,13+,14+,15+,16-,17+,18+,19+,20-,21+,22+,23+,24+,25+,26-,27-,28-,29+,30+/m0/s1. The van der Waals surface area contributed by atoms with Crippen LogP contribution in [0.2, 0.25) is 0 Å². The number of phosphoric acid groups is 1. The van der Waals surface area contributed by atoms with Crippen LogP contribution in [0, 0.1) is 0 Å². The molecule has 0 saturated carbocycles. The Balaban J connectivity index is 1.53. The lowest BCUT2D eigenvalue weighted by Gasteiger charge is -2.49. The highest BCUT2D eigenvalue weighted by molar-refractivity contribution is 7.47. The molecule has 27 heteroatoms. The molecule has 4 aliphatic rings. The molecule has 4 saturated heterocycles. The number of hydrogen-bond acceptors (Lipinski definition) is 23. The van der Waals surface area contributed by atoms with Crippen molar-refractivity contribution in [2.24, 2.45) is 0 Å². The Morgan fingerprint density at radius 2 is 1.14 bits per heavy atom. The lowest BCUT2D eigenvalue weighted by atomic mass is 9.94. The second-order valence-electron chi connectivity index (χ2n) is 13.8. The van der Waals surface area contributed by atoms with E-state index < -0.39 is 168 Å². The Kier molecular flexibility index (Phi) is 16.7. The van der Waals surface area contributed by atoms with Gasteiger partial charge in [-0.15, -0.1) is 0 Å². The summed E-state index contributed by atoms with van der Waals surface area (Å²) >= 11 is 0. The summed E-state index contributed by atoms with van der Waals surface area (Å²) in [4.78, 5) is 46.1. The first-order chi connectivity index (χ1) is 26.6. The molecule has 26 nitrogen and oxygen atoms in total. The minimum atomic E-state index is -5.55. The van der Waals surface area contributed by atoms with E-state index in [9.17, 15) is 74.9 Å². The van der Waals surface area contributed by atoms with Gasteiger partial charge in [0.05, 0.1) is 19.3 Å². The van der Waals surface area contributed by atoms with E-state index in [4.69, 9.17) is 42.2 Å². The third-order valence-electron chi connectivity index (χ3n) is 9.44. The first kappa shape index (κ1) is 47.6. The highest BCUT2D eigenvalue weighted by atomic mass is 31.2. The molecule has 4 rings (SSSR count). The summed E-state index contributed by atoms with van der Waals surface area (Å²) in [5.41, 5.74) is 0. The largest absolute Gasteiger partial charge is 0.475 e. The number of esters is 1. The van der Waals surface area contributed by atoms with Gasteiger partial charge in [-0.1, -0.05) is 0 Å². The van der Waals surface area contributed by atoms with Gasteiger partial charge in [-0.05, 0) is 6.92 Å². The van der Waals surface area contributed by atoms with Crippen LogP contribution in [0.3, 0.4) is 0 Å². The van der Waals surface area contributed by atoms with E-state index in [1.165, 1.54) is 6.92 Å². The predicted octanol–water partition coefficient (Wildman–Crippen LogP) is -7.75. The summed E-state index contributed by atoms with van der Waals surface area (Å²) in [5, 5.41) is 110. The Morgan fingerprint density at radius 3 is 1.72 bits per heavy atom. The van der Waals surface area contributed by atoms with Crippen LogP contribution in [0.25, 0.3) is 0 Å². The van der Waals surface area contributed by atoms with Crippen LogP contribution >= 0.6 is 7.82 Å². The smallest absolute Gasteiger partial charge is 0.463 e. The van der Waals surface area contributed by atoms with E-state index in [0.717, 1.165) is 20.8 Å². The quantitative estimate of drug-likeness (QED) is 0.0570. The van der Waals surface area contributed by atoms with Gasteiger partial charge in [0, 0.05) is 20.8 Å². The highest BCUT2D eigenvalue weighted by Gasteiger charge is 2.56. The van der Waals surface area contributed by atoms with Crippen molar-refractivity contribution in [1.82, 2.24) is 10.6 Å². The van der Waals surface area contributed by atoms with E-state index in [1.807, 2.05) is 0 Å². The maximum absolute atomic E-state index is 13.1. The third kappa shape index (κ3) is 11.4. The fourth-order valence-electron chi connectivity index (χ4n) is 6.57. The molecule has 13 N–H and O–H groups in total. The maximum atomic E-state index is 13.1. The van der Waals surface area contributed by atoms with Crippen LogP contribution in [0.1, 0.15) is 27.7 Å². The molecule has 0 spiro atoms. The van der Waals surface area contributed by atoms with Crippen LogP contribution in [0.5, 0.6) is 0 Å². The molecule has 4 aliphatic heterocycles. The third-order valence-corrected chi connectivity index (χ3v) is 10.4. The molecule has 0 aromatic rings. The topological polar surface area (TPSA) is 398 Å². The minimum Gasteiger partial charge on any atom is -0.463 e. The normalized spacial score (nSPS) is 45.0. The SMILES string of the molecule is CC(=O)N[C@@H]1[C@H](O[C@H]2[C@H](O)[C@@H](CO)O[C@H](O)[C@@H]2NC(C)=O)O[C@@H](C)[C@@H](O)[C@H]1O[C@H]1O[C@H](CO)[C@@H](OP(=O)(O)O[C@H]2O[C@H](COC(C)=O)[C@@H](O)[C@H](O)[C@H]2O)[C@H](O)[C@H]1O. The number of phosphoric ester groups is 1. The van der Waals surface area contributed by atoms with Crippen molar-refractivity contribution >= 4 is 25.6 Å². The Bertz CT molecular complexity index is 1410. The number of carbonyl (C=O) groups excluding carboxylic acids is 3. The second kappa shape index (κ2) is 20.0. The molecule has 2 amide bonds. The number of aliphatic hydroxyl groups excluding tert-OH is 10. The number of rotatable bonds is 14. The molecule has 4 fully saturated rings.